The topological polar surface area (TPSA) is 50.3 Å². The van der Waals surface area contributed by atoms with E-state index >= 15 is 0 Å². The van der Waals surface area contributed by atoms with Crippen LogP contribution in [0.1, 0.15) is 49.8 Å². The lowest BCUT2D eigenvalue weighted by molar-refractivity contribution is -0.130. The number of hydrogen-bond donors (Lipinski definition) is 0. The van der Waals surface area contributed by atoms with E-state index in [-0.39, 0.29) is 11.7 Å². The number of pyridine rings is 1. The minimum absolute atomic E-state index is 0.0982. The fraction of sp³-hybridized carbons (Fsp3) is 0.458. The number of rotatable bonds is 5. The monoisotopic (exact) mass is 410 g/mol. The van der Waals surface area contributed by atoms with Crippen molar-refractivity contribution >= 4 is 23.3 Å². The van der Waals surface area contributed by atoms with Crippen molar-refractivity contribution in [2.45, 2.75) is 57.9 Å². The number of aromatic nitrogens is 1. The minimum atomic E-state index is 0.0982. The smallest absolute Gasteiger partial charge is 0.222 e. The Kier molecular flexibility index (Phi) is 6.00. The summed E-state index contributed by atoms with van der Waals surface area (Å²) in [5, 5.41) is 0.713. The first kappa shape index (κ1) is 20.1. The highest BCUT2D eigenvalue weighted by Crippen LogP contribution is 2.31. The highest BCUT2D eigenvalue weighted by Gasteiger charge is 2.33. The number of halogens is 1. The molecule has 4 nitrogen and oxygen atoms in total. The predicted molar refractivity (Wildman–Crippen MR) is 115 cm³/mol. The van der Waals surface area contributed by atoms with Gasteiger partial charge >= 0.3 is 0 Å². The maximum Gasteiger partial charge on any atom is 0.222 e. The number of likely N-dealkylation sites (tertiary alicyclic amines) is 1. The zero-order chi connectivity index (χ0) is 20.4. The second kappa shape index (κ2) is 8.66. The van der Waals surface area contributed by atoms with Crippen LogP contribution in [0.3, 0.4) is 0 Å². The summed E-state index contributed by atoms with van der Waals surface area (Å²) in [6.07, 6.45) is 7.53. The van der Waals surface area contributed by atoms with Crippen LogP contribution in [-0.4, -0.2) is 34.2 Å². The van der Waals surface area contributed by atoms with Gasteiger partial charge in [-0.2, -0.15) is 0 Å². The molecule has 0 radical (unpaired) electrons. The number of hydrogen-bond acceptors (Lipinski definition) is 3. The molecule has 0 unspecified atom stereocenters. The number of Topliss-reactive ketones (excluding diaryl/α,β-unsaturated/α-hetero) is 1. The molecule has 4 rings (SSSR count). The fourth-order valence-electron chi connectivity index (χ4n) is 4.69. The molecule has 2 fully saturated rings. The molecule has 5 heteroatoms. The van der Waals surface area contributed by atoms with Gasteiger partial charge in [-0.05, 0) is 68.4 Å². The number of amides is 1. The number of benzene rings is 1. The van der Waals surface area contributed by atoms with Crippen LogP contribution in [0.5, 0.6) is 0 Å². The first-order valence-corrected chi connectivity index (χ1v) is 10.9. The molecule has 1 aliphatic carbocycles. The Balaban J connectivity index is 1.33. The lowest BCUT2D eigenvalue weighted by Gasteiger charge is -2.34. The van der Waals surface area contributed by atoms with Gasteiger partial charge in [-0.15, -0.1) is 0 Å². The van der Waals surface area contributed by atoms with Gasteiger partial charge in [0.15, 0.2) is 0 Å². The maximum absolute atomic E-state index is 12.8. The highest BCUT2D eigenvalue weighted by molar-refractivity contribution is 6.30. The summed E-state index contributed by atoms with van der Waals surface area (Å²) in [6.45, 7) is 2.91. The number of nitrogens with zero attached hydrogens (tertiary/aromatic N) is 2. The Labute approximate surface area is 177 Å². The van der Waals surface area contributed by atoms with Crippen LogP contribution in [0, 0.1) is 12.8 Å². The van der Waals surface area contributed by atoms with Crippen LogP contribution in [0.15, 0.2) is 36.5 Å². The number of carbonyl (C=O) groups is 2. The molecule has 0 bridgehead atoms. The molecular formula is C24H27ClN2O2. The van der Waals surface area contributed by atoms with Gasteiger partial charge in [0.1, 0.15) is 5.78 Å². The van der Waals surface area contributed by atoms with E-state index in [1.807, 2.05) is 42.3 Å². The molecule has 2 heterocycles. The molecule has 2 aromatic rings. The second-order valence-electron chi connectivity index (χ2n) is 8.39. The van der Waals surface area contributed by atoms with E-state index in [0.717, 1.165) is 61.0 Å². The van der Waals surface area contributed by atoms with Crippen LogP contribution >= 0.6 is 11.6 Å². The van der Waals surface area contributed by atoms with E-state index in [9.17, 15) is 9.59 Å². The summed E-state index contributed by atoms with van der Waals surface area (Å²) in [5.41, 5.74) is 3.96. The third-order valence-electron chi connectivity index (χ3n) is 6.26. The second-order valence-corrected chi connectivity index (χ2v) is 8.83. The van der Waals surface area contributed by atoms with Crippen LogP contribution < -0.4 is 0 Å². The Morgan fingerprint density at radius 2 is 1.93 bits per heavy atom. The quantitative estimate of drug-likeness (QED) is 0.696. The van der Waals surface area contributed by atoms with Crippen molar-refractivity contribution in [3.05, 3.63) is 52.8 Å². The van der Waals surface area contributed by atoms with Gasteiger partial charge in [-0.25, -0.2) is 0 Å². The first-order valence-electron chi connectivity index (χ1n) is 10.5. The lowest BCUT2D eigenvalue weighted by Crippen LogP contribution is -2.40. The highest BCUT2D eigenvalue weighted by atomic mass is 35.5. The molecule has 0 N–H and O–H groups in total. The van der Waals surface area contributed by atoms with Gasteiger partial charge in [-0.1, -0.05) is 23.7 Å². The molecule has 1 amide bonds. The summed E-state index contributed by atoms with van der Waals surface area (Å²) in [4.78, 5) is 31.3. The third kappa shape index (κ3) is 4.69. The molecular weight excluding hydrogens is 384 g/mol. The average molecular weight is 411 g/mol. The Hall–Kier alpha value is -2.20. The van der Waals surface area contributed by atoms with E-state index in [4.69, 9.17) is 11.6 Å². The van der Waals surface area contributed by atoms with Gasteiger partial charge in [0.05, 0.1) is 0 Å². The number of ketones is 1. The van der Waals surface area contributed by atoms with Crippen LogP contribution in [-0.2, 0) is 16.0 Å². The van der Waals surface area contributed by atoms with Crippen molar-refractivity contribution in [2.24, 2.45) is 5.92 Å². The van der Waals surface area contributed by atoms with Crippen molar-refractivity contribution in [1.82, 2.24) is 9.88 Å². The Morgan fingerprint density at radius 3 is 2.55 bits per heavy atom. The first-order chi connectivity index (χ1) is 14.0. The SMILES string of the molecule is Cc1cc(Cl)cc(-c2ccc(CC(=O)C3CCC(N4CCCC4=O)CC3)nc2)c1. The van der Waals surface area contributed by atoms with Gasteiger partial charge < -0.3 is 4.90 Å². The third-order valence-corrected chi connectivity index (χ3v) is 6.48. The van der Waals surface area contributed by atoms with Crippen molar-refractivity contribution in [1.29, 1.82) is 0 Å². The summed E-state index contributed by atoms with van der Waals surface area (Å²) in [5.74, 6) is 0.662. The van der Waals surface area contributed by atoms with E-state index in [1.54, 1.807) is 0 Å². The molecule has 2 aliphatic rings. The molecule has 29 heavy (non-hydrogen) atoms. The molecule has 1 aromatic heterocycles. The molecule has 152 valence electrons. The Bertz CT molecular complexity index is 881. The van der Waals surface area contributed by atoms with Crippen LogP contribution in [0.25, 0.3) is 11.1 Å². The van der Waals surface area contributed by atoms with E-state index in [0.29, 0.717) is 29.8 Å². The van der Waals surface area contributed by atoms with E-state index in [1.165, 1.54) is 0 Å². The molecule has 1 aromatic carbocycles. The fourth-order valence-corrected chi connectivity index (χ4v) is 4.98. The average Bonchev–Trinajstić information content (AvgIpc) is 3.14. The summed E-state index contributed by atoms with van der Waals surface area (Å²) < 4.78 is 0. The normalized spacial score (nSPS) is 22.1. The van der Waals surface area contributed by atoms with E-state index < -0.39 is 0 Å². The van der Waals surface area contributed by atoms with Crippen molar-refractivity contribution in [3.8, 4) is 11.1 Å². The van der Waals surface area contributed by atoms with E-state index in [2.05, 4.69) is 11.1 Å². The summed E-state index contributed by atoms with van der Waals surface area (Å²) in [7, 11) is 0. The maximum atomic E-state index is 12.8. The minimum Gasteiger partial charge on any atom is -0.340 e. The van der Waals surface area contributed by atoms with Crippen LogP contribution in [0.4, 0.5) is 0 Å². The molecule has 1 saturated heterocycles. The van der Waals surface area contributed by atoms with Crippen LogP contribution in [0.2, 0.25) is 5.02 Å². The van der Waals surface area contributed by atoms with Gasteiger partial charge in [0, 0.05) is 53.8 Å². The van der Waals surface area contributed by atoms with Crippen molar-refractivity contribution in [2.75, 3.05) is 6.54 Å². The molecule has 0 spiro atoms. The predicted octanol–water partition coefficient (Wildman–Crippen LogP) is 5.00. The molecule has 0 atom stereocenters. The number of carbonyl (C=O) groups excluding carboxylic acids is 2. The summed E-state index contributed by atoms with van der Waals surface area (Å²) >= 11 is 6.16. The molecule has 1 saturated carbocycles. The summed E-state index contributed by atoms with van der Waals surface area (Å²) in [6, 6.07) is 10.2. The van der Waals surface area contributed by atoms with Gasteiger partial charge in [0.25, 0.3) is 0 Å². The zero-order valence-corrected chi connectivity index (χ0v) is 17.6. The largest absolute Gasteiger partial charge is 0.340 e. The van der Waals surface area contributed by atoms with Gasteiger partial charge in [0.2, 0.25) is 5.91 Å². The van der Waals surface area contributed by atoms with Gasteiger partial charge in [-0.3, -0.25) is 14.6 Å². The standard InChI is InChI=1S/C24H27ClN2O2/c1-16-11-19(13-20(25)12-16)18-4-7-21(26-15-18)14-23(28)17-5-8-22(9-6-17)27-10-2-3-24(27)29/h4,7,11-13,15,17,22H,2-3,5-6,8-10,14H2,1H3. The van der Waals surface area contributed by atoms with Crippen molar-refractivity contribution < 1.29 is 9.59 Å². The molecule has 1 aliphatic heterocycles. The van der Waals surface area contributed by atoms with Crippen molar-refractivity contribution in [3.63, 3.8) is 0 Å². The lowest BCUT2D eigenvalue weighted by atomic mass is 9.82. The zero-order valence-electron chi connectivity index (χ0n) is 16.9. The number of aryl methyl sites for hydroxylation is 1. The Morgan fingerprint density at radius 1 is 1.14 bits per heavy atom.